The molecule has 0 bridgehead atoms. The Kier molecular flexibility index (Phi) is 6.88. The molecule has 2 aliphatic rings. The number of amides is 1. The van der Waals surface area contributed by atoms with E-state index in [-0.39, 0.29) is 5.91 Å². The second kappa shape index (κ2) is 10.2. The van der Waals surface area contributed by atoms with Crippen molar-refractivity contribution >= 4 is 17.2 Å². The van der Waals surface area contributed by atoms with Crippen LogP contribution in [0.25, 0.3) is 11.3 Å². The van der Waals surface area contributed by atoms with Crippen LogP contribution in [0.3, 0.4) is 0 Å². The average molecular weight is 464 g/mol. The van der Waals surface area contributed by atoms with Crippen LogP contribution in [0.1, 0.15) is 65.8 Å². The Labute approximate surface area is 200 Å². The number of carbonyl (C=O) groups excluding carboxylic acids is 1. The Hall–Kier alpha value is -2.51. The maximum atomic E-state index is 13.4. The summed E-state index contributed by atoms with van der Waals surface area (Å²) >= 11 is 1.70. The van der Waals surface area contributed by atoms with E-state index >= 15 is 0 Å². The van der Waals surface area contributed by atoms with Crippen molar-refractivity contribution in [3.05, 3.63) is 57.7 Å². The van der Waals surface area contributed by atoms with E-state index in [0.717, 1.165) is 74.5 Å². The fourth-order valence-electron chi connectivity index (χ4n) is 5.08. The fraction of sp³-hybridized carbons (Fsp3) is 0.500. The van der Waals surface area contributed by atoms with Gasteiger partial charge in [-0.05, 0) is 39.0 Å². The number of rotatable bonds is 6. The third-order valence-corrected chi connectivity index (χ3v) is 7.75. The van der Waals surface area contributed by atoms with E-state index in [2.05, 4.69) is 34.4 Å². The molecule has 3 heterocycles. The van der Waals surface area contributed by atoms with Crippen molar-refractivity contribution in [1.82, 2.24) is 25.0 Å². The van der Waals surface area contributed by atoms with Gasteiger partial charge in [0.15, 0.2) is 5.69 Å². The van der Waals surface area contributed by atoms with Gasteiger partial charge in [0.25, 0.3) is 5.91 Å². The van der Waals surface area contributed by atoms with E-state index in [9.17, 15) is 4.79 Å². The fourth-order valence-corrected chi connectivity index (χ4v) is 5.84. The van der Waals surface area contributed by atoms with E-state index < -0.39 is 0 Å². The highest BCUT2D eigenvalue weighted by Crippen LogP contribution is 2.27. The van der Waals surface area contributed by atoms with Crippen LogP contribution in [-0.2, 0) is 25.9 Å². The number of benzene rings is 1. The molecule has 2 aromatic heterocycles. The first-order chi connectivity index (χ1) is 16.2. The number of likely N-dealkylation sites (tertiary alicyclic amines) is 1. The Balaban J connectivity index is 1.27. The lowest BCUT2D eigenvalue weighted by atomic mass is 9.91. The molecule has 1 aromatic carbocycles. The largest absolute Gasteiger partial charge is 0.337 e. The zero-order valence-corrected chi connectivity index (χ0v) is 20.2. The van der Waals surface area contributed by atoms with Gasteiger partial charge in [0.1, 0.15) is 5.01 Å². The van der Waals surface area contributed by atoms with Gasteiger partial charge in [-0.3, -0.25) is 9.48 Å². The molecule has 33 heavy (non-hydrogen) atoms. The molecule has 1 saturated heterocycles. The van der Waals surface area contributed by atoms with Crippen molar-refractivity contribution in [3.63, 3.8) is 0 Å². The van der Waals surface area contributed by atoms with Crippen LogP contribution in [0.15, 0.2) is 35.7 Å². The van der Waals surface area contributed by atoms with Crippen molar-refractivity contribution < 1.29 is 4.79 Å². The first-order valence-corrected chi connectivity index (χ1v) is 13.2. The van der Waals surface area contributed by atoms with Crippen molar-refractivity contribution in [3.8, 4) is 11.3 Å². The molecular formula is C26H33N5OS. The van der Waals surface area contributed by atoms with Crippen LogP contribution in [0.2, 0.25) is 0 Å². The molecule has 5 rings (SSSR count). The number of aryl methyl sites for hydroxylation is 1. The molecule has 1 fully saturated rings. The monoisotopic (exact) mass is 463 g/mol. The summed E-state index contributed by atoms with van der Waals surface area (Å²) in [6.07, 6.45) is 7.54. The van der Waals surface area contributed by atoms with Crippen molar-refractivity contribution in [2.45, 2.75) is 71.0 Å². The topological polar surface area (TPSA) is 63.1 Å². The summed E-state index contributed by atoms with van der Waals surface area (Å²) < 4.78 is 2.06. The minimum Gasteiger partial charge on any atom is -0.337 e. The third-order valence-electron chi connectivity index (χ3n) is 6.91. The van der Waals surface area contributed by atoms with Crippen LogP contribution in [-0.4, -0.2) is 44.7 Å². The van der Waals surface area contributed by atoms with Crippen LogP contribution < -0.4 is 5.32 Å². The lowest BCUT2D eigenvalue weighted by Crippen LogP contribution is -2.36. The number of nitrogens with zero attached hydrogens (tertiary/aromatic N) is 4. The lowest BCUT2D eigenvalue weighted by molar-refractivity contribution is 0.0753. The van der Waals surface area contributed by atoms with Crippen molar-refractivity contribution in [2.75, 3.05) is 13.1 Å². The highest BCUT2D eigenvalue weighted by Gasteiger charge is 2.31. The quantitative estimate of drug-likeness (QED) is 0.576. The summed E-state index contributed by atoms with van der Waals surface area (Å²) in [4.78, 5) is 20.3. The molecule has 6 nitrogen and oxygen atoms in total. The zero-order chi connectivity index (χ0) is 22.6. The van der Waals surface area contributed by atoms with E-state index in [1.165, 1.54) is 24.1 Å². The number of carbonyl (C=O) groups is 1. The summed E-state index contributed by atoms with van der Waals surface area (Å²) in [5, 5.41) is 11.7. The molecule has 1 aliphatic heterocycles. The van der Waals surface area contributed by atoms with Gasteiger partial charge in [-0.2, -0.15) is 5.10 Å². The highest BCUT2D eigenvalue weighted by atomic mass is 32.1. The van der Waals surface area contributed by atoms with E-state index in [4.69, 9.17) is 10.1 Å². The molecule has 1 aliphatic carbocycles. The smallest absolute Gasteiger partial charge is 0.274 e. The second-order valence-electron chi connectivity index (χ2n) is 9.11. The molecule has 1 N–H and O–H groups in total. The standard InChI is InChI=1S/C26H33N5OS/c1-2-31-23-13-12-20(27-17-24-28-22(18-33-24)19-10-6-5-7-11-19)16-21(23)25(29-31)26(32)30-14-8-3-4-9-15-30/h5-7,10-11,18,20,27H,2-4,8-9,12-17H2,1H3. The van der Waals surface area contributed by atoms with E-state index in [1.807, 2.05) is 23.1 Å². The maximum absolute atomic E-state index is 13.4. The first-order valence-electron chi connectivity index (χ1n) is 12.3. The second-order valence-corrected chi connectivity index (χ2v) is 10.1. The number of nitrogens with one attached hydrogen (secondary N) is 1. The van der Waals surface area contributed by atoms with Gasteiger partial charge in [0, 0.05) is 54.4 Å². The zero-order valence-electron chi connectivity index (χ0n) is 19.4. The van der Waals surface area contributed by atoms with Gasteiger partial charge in [-0.15, -0.1) is 11.3 Å². The number of thiazole rings is 1. The van der Waals surface area contributed by atoms with Gasteiger partial charge in [0.05, 0.1) is 5.69 Å². The number of hydrogen-bond donors (Lipinski definition) is 1. The van der Waals surface area contributed by atoms with Gasteiger partial charge in [-0.25, -0.2) is 4.98 Å². The number of fused-ring (bicyclic) bond motifs is 1. The van der Waals surface area contributed by atoms with Crippen LogP contribution in [0, 0.1) is 0 Å². The predicted octanol–water partition coefficient (Wildman–Crippen LogP) is 4.69. The molecule has 3 aromatic rings. The van der Waals surface area contributed by atoms with Crippen molar-refractivity contribution in [1.29, 1.82) is 0 Å². The number of hydrogen-bond acceptors (Lipinski definition) is 5. The average Bonchev–Trinajstić information content (AvgIpc) is 3.38. The Bertz CT molecular complexity index is 1080. The molecule has 7 heteroatoms. The summed E-state index contributed by atoms with van der Waals surface area (Å²) in [5.74, 6) is 0.133. The molecule has 0 saturated carbocycles. The molecule has 1 unspecified atom stereocenters. The lowest BCUT2D eigenvalue weighted by Gasteiger charge is -2.25. The van der Waals surface area contributed by atoms with Crippen LogP contribution >= 0.6 is 11.3 Å². The van der Waals surface area contributed by atoms with Gasteiger partial charge < -0.3 is 10.2 Å². The van der Waals surface area contributed by atoms with Gasteiger partial charge >= 0.3 is 0 Å². The minimum atomic E-state index is 0.133. The summed E-state index contributed by atoms with van der Waals surface area (Å²) in [6, 6.07) is 10.7. The normalized spacial score (nSPS) is 18.7. The summed E-state index contributed by atoms with van der Waals surface area (Å²) in [6.45, 7) is 5.42. The summed E-state index contributed by atoms with van der Waals surface area (Å²) in [5.41, 5.74) is 5.32. The van der Waals surface area contributed by atoms with Crippen LogP contribution in [0.4, 0.5) is 0 Å². The Morgan fingerprint density at radius 3 is 2.70 bits per heavy atom. The maximum Gasteiger partial charge on any atom is 0.274 e. The highest BCUT2D eigenvalue weighted by molar-refractivity contribution is 7.09. The van der Waals surface area contributed by atoms with E-state index in [0.29, 0.717) is 11.7 Å². The molecule has 0 radical (unpaired) electrons. The SMILES string of the molecule is CCn1nc(C(=O)N2CCCCCC2)c2c1CCC(NCc1nc(-c3ccccc3)cs1)C2. The van der Waals surface area contributed by atoms with Gasteiger partial charge in [-0.1, -0.05) is 43.2 Å². The molecule has 1 amide bonds. The molecule has 174 valence electrons. The Morgan fingerprint density at radius 2 is 1.94 bits per heavy atom. The third kappa shape index (κ3) is 4.89. The summed E-state index contributed by atoms with van der Waals surface area (Å²) in [7, 11) is 0. The Morgan fingerprint density at radius 1 is 1.15 bits per heavy atom. The van der Waals surface area contributed by atoms with E-state index in [1.54, 1.807) is 11.3 Å². The first kappa shape index (κ1) is 22.3. The van der Waals surface area contributed by atoms with Crippen LogP contribution in [0.5, 0.6) is 0 Å². The predicted molar refractivity (Wildman–Crippen MR) is 132 cm³/mol. The number of aromatic nitrogens is 3. The van der Waals surface area contributed by atoms with Crippen molar-refractivity contribution in [2.24, 2.45) is 0 Å². The molecule has 1 atom stereocenters. The molecular weight excluding hydrogens is 430 g/mol. The van der Waals surface area contributed by atoms with Gasteiger partial charge in [0.2, 0.25) is 0 Å². The molecule has 0 spiro atoms. The minimum absolute atomic E-state index is 0.133.